The van der Waals surface area contributed by atoms with Crippen LogP contribution < -0.4 is 10.2 Å². The standard InChI is InChI=1S/C21H17ClN2O3/c22-18-10-4-1-8-16(18)14-27-20-12-6-2-7-15(20)13-23-24-21(26)17-9-3-5-11-19(17)25/h1-13,25H,14H2,(H,24,26). The second-order valence-electron chi connectivity index (χ2n) is 5.63. The molecule has 0 saturated carbocycles. The molecule has 0 spiro atoms. The van der Waals surface area contributed by atoms with Crippen LogP contribution in [0.1, 0.15) is 21.5 Å². The van der Waals surface area contributed by atoms with Crippen LogP contribution in [0.5, 0.6) is 11.5 Å². The number of carbonyl (C=O) groups is 1. The van der Waals surface area contributed by atoms with Crippen molar-refractivity contribution in [2.24, 2.45) is 5.10 Å². The highest BCUT2D eigenvalue weighted by atomic mass is 35.5. The summed E-state index contributed by atoms with van der Waals surface area (Å²) in [7, 11) is 0. The van der Waals surface area contributed by atoms with E-state index in [2.05, 4.69) is 10.5 Å². The van der Waals surface area contributed by atoms with E-state index in [1.165, 1.54) is 18.3 Å². The van der Waals surface area contributed by atoms with Crippen LogP contribution in [-0.2, 0) is 6.61 Å². The van der Waals surface area contributed by atoms with Gasteiger partial charge < -0.3 is 9.84 Å². The van der Waals surface area contributed by atoms with Crippen LogP contribution in [0.2, 0.25) is 5.02 Å². The molecule has 136 valence electrons. The van der Waals surface area contributed by atoms with Gasteiger partial charge in [-0.1, -0.05) is 54.1 Å². The molecule has 1 amide bonds. The Morgan fingerprint density at radius 3 is 2.56 bits per heavy atom. The highest BCUT2D eigenvalue weighted by molar-refractivity contribution is 6.31. The number of ether oxygens (including phenoxy) is 1. The van der Waals surface area contributed by atoms with Gasteiger partial charge in [0.2, 0.25) is 0 Å². The summed E-state index contributed by atoms with van der Waals surface area (Å²) in [4.78, 5) is 12.1. The third-order valence-corrected chi connectivity index (χ3v) is 4.15. The summed E-state index contributed by atoms with van der Waals surface area (Å²) in [6.07, 6.45) is 1.49. The first-order valence-electron chi connectivity index (χ1n) is 8.22. The number of para-hydroxylation sites is 2. The summed E-state index contributed by atoms with van der Waals surface area (Å²) in [6, 6.07) is 21.0. The van der Waals surface area contributed by atoms with Crippen molar-refractivity contribution in [3.8, 4) is 11.5 Å². The lowest BCUT2D eigenvalue weighted by molar-refractivity contribution is 0.0952. The number of phenols is 1. The third kappa shape index (κ3) is 4.86. The molecule has 0 saturated heterocycles. The van der Waals surface area contributed by atoms with Crippen LogP contribution in [0, 0.1) is 0 Å². The van der Waals surface area contributed by atoms with Crippen LogP contribution in [0.3, 0.4) is 0 Å². The molecule has 6 heteroatoms. The van der Waals surface area contributed by atoms with Crippen LogP contribution in [0.15, 0.2) is 77.9 Å². The van der Waals surface area contributed by atoms with Crippen LogP contribution in [0.4, 0.5) is 0 Å². The van der Waals surface area contributed by atoms with Crippen LogP contribution in [-0.4, -0.2) is 17.2 Å². The van der Waals surface area contributed by atoms with Crippen LogP contribution in [0.25, 0.3) is 0 Å². The molecule has 0 aliphatic rings. The quantitative estimate of drug-likeness (QED) is 0.492. The number of phenolic OH excluding ortho intramolecular Hbond substituents is 1. The van der Waals surface area contributed by atoms with Gasteiger partial charge in [0.25, 0.3) is 5.91 Å². The van der Waals surface area contributed by atoms with E-state index in [-0.39, 0.29) is 11.3 Å². The van der Waals surface area contributed by atoms with E-state index in [4.69, 9.17) is 16.3 Å². The fraction of sp³-hybridized carbons (Fsp3) is 0.0476. The minimum atomic E-state index is -0.501. The van der Waals surface area contributed by atoms with Gasteiger partial charge in [0.15, 0.2) is 0 Å². The first kappa shape index (κ1) is 18.5. The summed E-state index contributed by atoms with van der Waals surface area (Å²) < 4.78 is 5.84. The van der Waals surface area contributed by atoms with Crippen molar-refractivity contribution < 1.29 is 14.6 Å². The van der Waals surface area contributed by atoms with Crippen molar-refractivity contribution in [1.29, 1.82) is 0 Å². The molecule has 0 atom stereocenters. The Morgan fingerprint density at radius 1 is 1.04 bits per heavy atom. The smallest absolute Gasteiger partial charge is 0.275 e. The van der Waals surface area contributed by atoms with E-state index in [0.717, 1.165) is 5.56 Å². The predicted octanol–water partition coefficient (Wildman–Crippen LogP) is 4.39. The minimum absolute atomic E-state index is 0.103. The monoisotopic (exact) mass is 380 g/mol. The number of halogens is 1. The number of hydrogen-bond acceptors (Lipinski definition) is 4. The van der Waals surface area contributed by atoms with Gasteiger partial charge in [-0.25, -0.2) is 5.43 Å². The SMILES string of the molecule is O=C(NN=Cc1ccccc1OCc1ccccc1Cl)c1ccccc1O. The second-order valence-corrected chi connectivity index (χ2v) is 6.04. The number of hydrogen-bond donors (Lipinski definition) is 2. The van der Waals surface area contributed by atoms with Crippen molar-refractivity contribution in [1.82, 2.24) is 5.43 Å². The number of hydrazone groups is 1. The first-order valence-corrected chi connectivity index (χ1v) is 8.59. The average Bonchev–Trinajstić information content (AvgIpc) is 2.68. The highest BCUT2D eigenvalue weighted by Gasteiger charge is 2.09. The zero-order valence-electron chi connectivity index (χ0n) is 14.3. The summed E-state index contributed by atoms with van der Waals surface area (Å²) in [6.45, 7) is 0.314. The molecule has 3 rings (SSSR count). The molecule has 5 nitrogen and oxygen atoms in total. The maximum absolute atomic E-state index is 12.1. The van der Waals surface area contributed by atoms with Crippen molar-refractivity contribution in [3.63, 3.8) is 0 Å². The van der Waals surface area contributed by atoms with Gasteiger partial charge in [-0.2, -0.15) is 5.10 Å². The molecule has 0 heterocycles. The van der Waals surface area contributed by atoms with E-state index in [0.29, 0.717) is 22.9 Å². The van der Waals surface area contributed by atoms with E-state index in [1.54, 1.807) is 12.1 Å². The van der Waals surface area contributed by atoms with Gasteiger partial charge in [-0.05, 0) is 30.3 Å². The van der Waals surface area contributed by atoms with Gasteiger partial charge >= 0.3 is 0 Å². The maximum atomic E-state index is 12.1. The predicted molar refractivity (Wildman–Crippen MR) is 105 cm³/mol. The Labute approximate surface area is 161 Å². The third-order valence-electron chi connectivity index (χ3n) is 3.78. The molecule has 27 heavy (non-hydrogen) atoms. The van der Waals surface area contributed by atoms with E-state index in [1.807, 2.05) is 48.5 Å². The second kappa shape index (κ2) is 8.87. The fourth-order valence-electron chi connectivity index (χ4n) is 2.38. The molecule has 3 aromatic carbocycles. The van der Waals surface area contributed by atoms with E-state index < -0.39 is 5.91 Å². The molecular formula is C21H17ClN2O3. The van der Waals surface area contributed by atoms with Gasteiger partial charge in [0, 0.05) is 16.1 Å². The number of carbonyl (C=O) groups excluding carboxylic acids is 1. The molecule has 3 aromatic rings. The van der Waals surface area contributed by atoms with E-state index in [9.17, 15) is 9.90 Å². The largest absolute Gasteiger partial charge is 0.507 e. The minimum Gasteiger partial charge on any atom is -0.507 e. The van der Waals surface area contributed by atoms with Crippen molar-refractivity contribution in [3.05, 3.63) is 94.5 Å². The lowest BCUT2D eigenvalue weighted by Gasteiger charge is -2.10. The number of nitrogens with zero attached hydrogens (tertiary/aromatic N) is 1. The van der Waals surface area contributed by atoms with Crippen molar-refractivity contribution >= 4 is 23.7 Å². The summed E-state index contributed by atoms with van der Waals surface area (Å²) >= 11 is 6.15. The number of nitrogens with one attached hydrogen (secondary N) is 1. The van der Waals surface area contributed by atoms with Crippen LogP contribution >= 0.6 is 11.6 Å². The maximum Gasteiger partial charge on any atom is 0.275 e. The Kier molecular flexibility index (Phi) is 6.07. The van der Waals surface area contributed by atoms with Gasteiger partial charge in [0.05, 0.1) is 11.8 Å². The van der Waals surface area contributed by atoms with Crippen molar-refractivity contribution in [2.45, 2.75) is 6.61 Å². The Hall–Kier alpha value is -3.31. The molecule has 0 unspecified atom stereocenters. The van der Waals surface area contributed by atoms with Crippen molar-refractivity contribution in [2.75, 3.05) is 0 Å². The molecule has 0 aliphatic carbocycles. The first-order chi connectivity index (χ1) is 13.1. The lowest BCUT2D eigenvalue weighted by Crippen LogP contribution is -2.17. The number of rotatable bonds is 6. The number of aromatic hydroxyl groups is 1. The highest BCUT2D eigenvalue weighted by Crippen LogP contribution is 2.21. The molecule has 0 fully saturated rings. The number of amides is 1. The summed E-state index contributed by atoms with van der Waals surface area (Å²) in [5.41, 5.74) is 4.11. The Bertz CT molecular complexity index is 973. The molecule has 2 N–H and O–H groups in total. The average molecular weight is 381 g/mol. The fourth-order valence-corrected chi connectivity index (χ4v) is 2.57. The summed E-state index contributed by atoms with van der Waals surface area (Å²) in [5, 5.41) is 14.3. The summed E-state index contributed by atoms with van der Waals surface area (Å²) in [5.74, 6) is 0.00506. The zero-order valence-corrected chi connectivity index (χ0v) is 15.1. The number of benzene rings is 3. The van der Waals surface area contributed by atoms with E-state index >= 15 is 0 Å². The normalized spacial score (nSPS) is 10.7. The lowest BCUT2D eigenvalue weighted by atomic mass is 10.2. The van der Waals surface area contributed by atoms with Gasteiger partial charge in [-0.3, -0.25) is 4.79 Å². The molecular weight excluding hydrogens is 364 g/mol. The van der Waals surface area contributed by atoms with Gasteiger partial charge in [0.1, 0.15) is 18.1 Å². The Morgan fingerprint density at radius 2 is 1.74 bits per heavy atom. The molecule has 0 aromatic heterocycles. The molecule has 0 radical (unpaired) electrons. The molecule has 0 bridgehead atoms. The zero-order chi connectivity index (χ0) is 19.1. The molecule has 0 aliphatic heterocycles. The topological polar surface area (TPSA) is 70.9 Å². The van der Waals surface area contributed by atoms with Gasteiger partial charge in [-0.15, -0.1) is 0 Å². The Balaban J connectivity index is 1.67.